The van der Waals surface area contributed by atoms with Crippen LogP contribution in [0.15, 0.2) is 0 Å². The molecular formula is C10H16N6O3. The molecule has 2 atom stereocenters. The number of rotatable bonds is 4. The van der Waals surface area contributed by atoms with Crippen molar-refractivity contribution < 1.29 is 14.7 Å². The van der Waals surface area contributed by atoms with E-state index in [2.05, 4.69) is 31.3 Å². The molecule has 2 amide bonds. The number of urea groups is 1. The van der Waals surface area contributed by atoms with Crippen molar-refractivity contribution in [1.29, 1.82) is 0 Å². The molecule has 1 aliphatic rings. The highest BCUT2D eigenvalue weighted by Crippen LogP contribution is 2.24. The third-order valence-corrected chi connectivity index (χ3v) is 3.20. The molecule has 1 heterocycles. The number of aliphatic carboxylic acids is 1. The van der Waals surface area contributed by atoms with Crippen LogP contribution in [0.3, 0.4) is 0 Å². The number of carboxylic acids is 1. The van der Waals surface area contributed by atoms with E-state index in [0.717, 1.165) is 12.8 Å². The van der Waals surface area contributed by atoms with E-state index < -0.39 is 17.9 Å². The number of carboxylic acid groups (broad SMARTS) is 1. The molecule has 0 aliphatic heterocycles. The number of hydrogen-bond donors (Lipinski definition) is 4. The van der Waals surface area contributed by atoms with Crippen LogP contribution in [0, 0.1) is 5.92 Å². The van der Waals surface area contributed by atoms with Crippen LogP contribution in [-0.2, 0) is 11.3 Å². The van der Waals surface area contributed by atoms with Crippen molar-refractivity contribution in [2.45, 2.75) is 38.3 Å². The Labute approximate surface area is 109 Å². The molecule has 0 aromatic carbocycles. The Kier molecular flexibility index (Phi) is 4.26. The molecule has 1 aromatic rings. The summed E-state index contributed by atoms with van der Waals surface area (Å²) < 4.78 is 0. The fraction of sp³-hybridized carbons (Fsp3) is 0.700. The molecule has 104 valence electrons. The second kappa shape index (κ2) is 6.12. The zero-order valence-corrected chi connectivity index (χ0v) is 10.3. The number of tetrazole rings is 1. The van der Waals surface area contributed by atoms with E-state index in [9.17, 15) is 9.59 Å². The first-order valence-corrected chi connectivity index (χ1v) is 6.16. The Balaban J connectivity index is 1.81. The lowest BCUT2D eigenvalue weighted by Gasteiger charge is -2.29. The quantitative estimate of drug-likeness (QED) is 0.589. The van der Waals surface area contributed by atoms with Crippen LogP contribution in [0.25, 0.3) is 0 Å². The van der Waals surface area contributed by atoms with Crippen LogP contribution in [0.4, 0.5) is 4.79 Å². The van der Waals surface area contributed by atoms with Crippen molar-refractivity contribution in [2.75, 3.05) is 0 Å². The molecule has 9 heteroatoms. The van der Waals surface area contributed by atoms with E-state index in [1.807, 2.05) is 0 Å². The van der Waals surface area contributed by atoms with Gasteiger partial charge in [-0.25, -0.2) is 4.79 Å². The molecule has 1 saturated carbocycles. The maximum atomic E-state index is 11.7. The molecule has 0 bridgehead atoms. The second-order valence-electron chi connectivity index (χ2n) is 4.49. The summed E-state index contributed by atoms with van der Waals surface area (Å²) in [5.74, 6) is -0.999. The summed E-state index contributed by atoms with van der Waals surface area (Å²) >= 11 is 0. The number of H-pyrrole nitrogens is 1. The average molecular weight is 268 g/mol. The minimum atomic E-state index is -0.858. The number of amides is 2. The van der Waals surface area contributed by atoms with Gasteiger partial charge in [0, 0.05) is 6.04 Å². The van der Waals surface area contributed by atoms with Gasteiger partial charge in [-0.2, -0.15) is 5.21 Å². The lowest BCUT2D eigenvalue weighted by Crippen LogP contribution is -2.48. The molecule has 2 unspecified atom stereocenters. The summed E-state index contributed by atoms with van der Waals surface area (Å²) in [5.41, 5.74) is 0. The van der Waals surface area contributed by atoms with Crippen LogP contribution in [0.1, 0.15) is 31.5 Å². The fourth-order valence-electron chi connectivity index (χ4n) is 2.24. The zero-order chi connectivity index (χ0) is 13.7. The average Bonchev–Trinajstić information content (AvgIpc) is 2.90. The predicted octanol–water partition coefficient (Wildman–Crippen LogP) is -0.358. The van der Waals surface area contributed by atoms with Gasteiger partial charge in [-0.1, -0.05) is 18.1 Å². The highest BCUT2D eigenvalue weighted by Gasteiger charge is 2.31. The summed E-state index contributed by atoms with van der Waals surface area (Å²) in [5, 5.41) is 27.4. The van der Waals surface area contributed by atoms with Crippen LogP contribution in [-0.4, -0.2) is 43.8 Å². The number of hydrogen-bond acceptors (Lipinski definition) is 5. The molecule has 1 aromatic heterocycles. The van der Waals surface area contributed by atoms with Crippen LogP contribution in [0.2, 0.25) is 0 Å². The van der Waals surface area contributed by atoms with Gasteiger partial charge in [0.15, 0.2) is 5.82 Å². The normalized spacial score (nSPS) is 22.7. The monoisotopic (exact) mass is 268 g/mol. The van der Waals surface area contributed by atoms with Crippen LogP contribution >= 0.6 is 0 Å². The first-order valence-electron chi connectivity index (χ1n) is 6.16. The highest BCUT2D eigenvalue weighted by atomic mass is 16.4. The van der Waals surface area contributed by atoms with Crippen LogP contribution < -0.4 is 10.6 Å². The number of carbonyl (C=O) groups is 2. The number of nitrogens with zero attached hydrogens (tertiary/aromatic N) is 3. The molecule has 0 spiro atoms. The van der Waals surface area contributed by atoms with Gasteiger partial charge >= 0.3 is 12.0 Å². The minimum Gasteiger partial charge on any atom is -0.481 e. The first kappa shape index (κ1) is 13.2. The summed E-state index contributed by atoms with van der Waals surface area (Å²) in [4.78, 5) is 22.8. The lowest BCUT2D eigenvalue weighted by atomic mass is 9.84. The molecule has 9 nitrogen and oxygen atoms in total. The van der Waals surface area contributed by atoms with Gasteiger partial charge in [-0.15, -0.1) is 10.2 Å². The standard InChI is InChI=1S/C10H16N6O3/c17-9(18)6-3-1-2-4-7(6)12-10(19)11-5-8-13-15-16-14-8/h6-7H,1-5H2,(H,17,18)(H2,11,12,19)(H,13,14,15,16). The van der Waals surface area contributed by atoms with Crippen molar-refractivity contribution in [3.8, 4) is 0 Å². The Hall–Kier alpha value is -2.19. The number of aromatic amines is 1. The minimum absolute atomic E-state index is 0.146. The number of aromatic nitrogens is 4. The summed E-state index contributed by atoms with van der Waals surface area (Å²) in [6.45, 7) is 0.146. The van der Waals surface area contributed by atoms with Gasteiger partial charge in [0.1, 0.15) is 0 Å². The second-order valence-corrected chi connectivity index (χ2v) is 4.49. The van der Waals surface area contributed by atoms with E-state index in [4.69, 9.17) is 5.11 Å². The largest absolute Gasteiger partial charge is 0.481 e. The number of carbonyl (C=O) groups excluding carboxylic acids is 1. The smallest absolute Gasteiger partial charge is 0.315 e. The van der Waals surface area contributed by atoms with Crippen molar-refractivity contribution in [2.24, 2.45) is 5.92 Å². The third kappa shape index (κ3) is 3.63. The van der Waals surface area contributed by atoms with E-state index >= 15 is 0 Å². The van der Waals surface area contributed by atoms with Crippen molar-refractivity contribution in [3.63, 3.8) is 0 Å². The SMILES string of the molecule is O=C(NCc1nn[nH]n1)NC1CCCCC1C(=O)O. The molecule has 1 aliphatic carbocycles. The third-order valence-electron chi connectivity index (χ3n) is 3.20. The summed E-state index contributed by atoms with van der Waals surface area (Å²) in [6.07, 6.45) is 3.11. The summed E-state index contributed by atoms with van der Waals surface area (Å²) in [6, 6.07) is -0.737. The fourth-order valence-corrected chi connectivity index (χ4v) is 2.24. The molecule has 0 saturated heterocycles. The number of nitrogens with one attached hydrogen (secondary N) is 3. The maximum absolute atomic E-state index is 11.7. The van der Waals surface area contributed by atoms with E-state index in [-0.39, 0.29) is 12.6 Å². The van der Waals surface area contributed by atoms with Gasteiger partial charge in [0.25, 0.3) is 0 Å². The predicted molar refractivity (Wildman–Crippen MR) is 62.9 cm³/mol. The molecule has 19 heavy (non-hydrogen) atoms. The zero-order valence-electron chi connectivity index (χ0n) is 10.3. The van der Waals surface area contributed by atoms with Gasteiger partial charge in [-0.05, 0) is 12.8 Å². The highest BCUT2D eigenvalue weighted by molar-refractivity contribution is 5.76. The first-order chi connectivity index (χ1) is 9.16. The Bertz CT molecular complexity index is 434. The Morgan fingerprint density at radius 1 is 1.37 bits per heavy atom. The Morgan fingerprint density at radius 3 is 2.84 bits per heavy atom. The van der Waals surface area contributed by atoms with Crippen LogP contribution in [0.5, 0.6) is 0 Å². The molecule has 1 fully saturated rings. The summed E-state index contributed by atoms with van der Waals surface area (Å²) in [7, 11) is 0. The van der Waals surface area contributed by atoms with Gasteiger partial charge < -0.3 is 15.7 Å². The van der Waals surface area contributed by atoms with Gasteiger partial charge in [0.05, 0.1) is 12.5 Å². The van der Waals surface area contributed by atoms with Crippen molar-refractivity contribution in [3.05, 3.63) is 5.82 Å². The molecule has 4 N–H and O–H groups in total. The van der Waals surface area contributed by atoms with Gasteiger partial charge in [0.2, 0.25) is 0 Å². The van der Waals surface area contributed by atoms with E-state index in [1.165, 1.54) is 0 Å². The van der Waals surface area contributed by atoms with Crippen molar-refractivity contribution in [1.82, 2.24) is 31.3 Å². The van der Waals surface area contributed by atoms with Gasteiger partial charge in [-0.3, -0.25) is 4.79 Å². The molecule has 2 rings (SSSR count). The molecular weight excluding hydrogens is 252 g/mol. The van der Waals surface area contributed by atoms with Crippen molar-refractivity contribution >= 4 is 12.0 Å². The Morgan fingerprint density at radius 2 is 2.16 bits per heavy atom. The maximum Gasteiger partial charge on any atom is 0.315 e. The van der Waals surface area contributed by atoms with E-state index in [1.54, 1.807) is 0 Å². The molecule has 0 radical (unpaired) electrons. The van der Waals surface area contributed by atoms with E-state index in [0.29, 0.717) is 18.7 Å². The lowest BCUT2D eigenvalue weighted by molar-refractivity contribution is -0.143. The topological polar surface area (TPSA) is 133 Å².